The van der Waals surface area contributed by atoms with Gasteiger partial charge in [0, 0.05) is 43.0 Å². The Morgan fingerprint density at radius 3 is 2.76 bits per heavy atom. The summed E-state index contributed by atoms with van der Waals surface area (Å²) < 4.78 is 0. The van der Waals surface area contributed by atoms with E-state index in [1.165, 1.54) is 0 Å². The highest BCUT2D eigenvalue weighted by Crippen LogP contribution is 2.28. The number of aromatic nitrogens is 3. The van der Waals surface area contributed by atoms with Gasteiger partial charge >= 0.3 is 0 Å². The largest absolute Gasteiger partial charge is 0.367 e. The molecule has 0 aliphatic carbocycles. The van der Waals surface area contributed by atoms with Crippen molar-refractivity contribution in [2.24, 2.45) is 0 Å². The number of fused-ring (bicyclic) bond motifs is 1. The molecule has 0 spiro atoms. The lowest BCUT2D eigenvalue weighted by atomic mass is 10.0. The smallest absolute Gasteiger partial charge is 0.219 e. The van der Waals surface area contributed by atoms with Crippen molar-refractivity contribution in [3.8, 4) is 11.4 Å². The third-order valence-electron chi connectivity index (χ3n) is 4.76. The monoisotopic (exact) mass is 339 g/mol. The van der Waals surface area contributed by atoms with E-state index in [9.17, 15) is 4.79 Å². The number of nitrogens with one attached hydrogen (secondary N) is 1. The summed E-state index contributed by atoms with van der Waals surface area (Å²) in [5, 5.41) is 3.59. The summed E-state index contributed by atoms with van der Waals surface area (Å²) in [5.74, 6) is 1.65. The minimum absolute atomic E-state index is 0.0849. The average Bonchev–Trinajstić information content (AvgIpc) is 2.65. The highest BCUT2D eigenvalue weighted by Gasteiger charge is 2.24. The molecule has 0 radical (unpaired) electrons. The van der Waals surface area contributed by atoms with E-state index in [-0.39, 0.29) is 5.91 Å². The van der Waals surface area contributed by atoms with Gasteiger partial charge in [0.05, 0.1) is 12.2 Å². The molecule has 1 aliphatic heterocycles. The lowest BCUT2D eigenvalue weighted by Gasteiger charge is -2.29. The van der Waals surface area contributed by atoms with Crippen molar-refractivity contribution in [2.75, 3.05) is 11.9 Å². The lowest BCUT2D eigenvalue weighted by Crippen LogP contribution is -2.36. The molecule has 1 aliphatic rings. The van der Waals surface area contributed by atoms with Crippen LogP contribution in [0.15, 0.2) is 24.5 Å². The third-order valence-corrected chi connectivity index (χ3v) is 4.76. The van der Waals surface area contributed by atoms with E-state index < -0.39 is 0 Å². The standard InChI is InChI=1S/C19H25N5O/c1-4-15(5-2)21-19-16-8-10-24(13(3)25)12-17(16)22-18(23-19)14-7-6-9-20-11-14/h6-7,9,11,15H,4-5,8,10,12H2,1-3H3,(H,21,22,23). The summed E-state index contributed by atoms with van der Waals surface area (Å²) in [5.41, 5.74) is 2.96. The number of rotatable bonds is 5. The van der Waals surface area contributed by atoms with E-state index in [0.29, 0.717) is 18.4 Å². The van der Waals surface area contributed by atoms with Gasteiger partial charge in [-0.2, -0.15) is 0 Å². The van der Waals surface area contributed by atoms with E-state index in [0.717, 1.165) is 48.4 Å². The predicted molar refractivity (Wildman–Crippen MR) is 98.1 cm³/mol. The molecule has 6 nitrogen and oxygen atoms in total. The number of anilines is 1. The van der Waals surface area contributed by atoms with Crippen molar-refractivity contribution < 1.29 is 4.79 Å². The van der Waals surface area contributed by atoms with Gasteiger partial charge in [0.1, 0.15) is 5.82 Å². The molecule has 0 fully saturated rings. The zero-order valence-corrected chi connectivity index (χ0v) is 15.1. The molecule has 2 aromatic heterocycles. The molecular formula is C19H25N5O. The topological polar surface area (TPSA) is 71.0 Å². The van der Waals surface area contributed by atoms with Crippen LogP contribution in [0.3, 0.4) is 0 Å². The maximum Gasteiger partial charge on any atom is 0.219 e. The molecule has 0 saturated carbocycles. The molecule has 0 aromatic carbocycles. The summed E-state index contributed by atoms with van der Waals surface area (Å²) in [6.45, 7) is 7.22. The molecule has 0 saturated heterocycles. The Bertz CT molecular complexity index is 743. The highest BCUT2D eigenvalue weighted by atomic mass is 16.2. The van der Waals surface area contributed by atoms with Gasteiger partial charge in [-0.3, -0.25) is 9.78 Å². The first-order chi connectivity index (χ1) is 12.1. The summed E-state index contributed by atoms with van der Waals surface area (Å²) in [6, 6.07) is 4.22. The first kappa shape index (κ1) is 17.3. The van der Waals surface area contributed by atoms with Gasteiger partial charge in [-0.25, -0.2) is 9.97 Å². The zero-order valence-electron chi connectivity index (χ0n) is 15.1. The van der Waals surface area contributed by atoms with Crippen LogP contribution in [0, 0.1) is 0 Å². The third kappa shape index (κ3) is 3.78. The fourth-order valence-electron chi connectivity index (χ4n) is 3.13. The van der Waals surface area contributed by atoms with E-state index in [1.807, 2.05) is 17.0 Å². The fraction of sp³-hybridized carbons (Fsp3) is 0.474. The van der Waals surface area contributed by atoms with Gasteiger partial charge in [-0.15, -0.1) is 0 Å². The molecule has 3 heterocycles. The molecule has 0 unspecified atom stereocenters. The number of carbonyl (C=O) groups is 1. The highest BCUT2D eigenvalue weighted by molar-refractivity contribution is 5.74. The number of carbonyl (C=O) groups excluding carboxylic acids is 1. The number of hydrogen-bond donors (Lipinski definition) is 1. The van der Waals surface area contributed by atoms with Gasteiger partial charge in [-0.05, 0) is 31.4 Å². The van der Waals surface area contributed by atoms with Crippen LogP contribution in [0.1, 0.15) is 44.9 Å². The van der Waals surface area contributed by atoms with Gasteiger partial charge in [-0.1, -0.05) is 13.8 Å². The van der Waals surface area contributed by atoms with Crippen molar-refractivity contribution in [2.45, 2.75) is 52.6 Å². The van der Waals surface area contributed by atoms with Gasteiger partial charge in [0.25, 0.3) is 0 Å². The average molecular weight is 339 g/mol. The van der Waals surface area contributed by atoms with Crippen molar-refractivity contribution in [1.29, 1.82) is 0 Å². The van der Waals surface area contributed by atoms with Crippen LogP contribution in [0.4, 0.5) is 5.82 Å². The summed E-state index contributed by atoms with van der Waals surface area (Å²) >= 11 is 0. The van der Waals surface area contributed by atoms with Crippen LogP contribution in [-0.2, 0) is 17.8 Å². The van der Waals surface area contributed by atoms with E-state index in [4.69, 9.17) is 9.97 Å². The second kappa shape index (κ2) is 7.59. The normalized spacial score (nSPS) is 13.7. The Morgan fingerprint density at radius 2 is 2.12 bits per heavy atom. The number of hydrogen-bond acceptors (Lipinski definition) is 5. The molecule has 3 rings (SSSR count). The molecule has 132 valence electrons. The Morgan fingerprint density at radius 1 is 1.32 bits per heavy atom. The second-order valence-electron chi connectivity index (χ2n) is 6.41. The quantitative estimate of drug-likeness (QED) is 0.906. The van der Waals surface area contributed by atoms with Crippen LogP contribution in [0.2, 0.25) is 0 Å². The fourth-order valence-corrected chi connectivity index (χ4v) is 3.13. The van der Waals surface area contributed by atoms with Crippen LogP contribution >= 0.6 is 0 Å². The maximum atomic E-state index is 11.8. The van der Waals surface area contributed by atoms with E-state index in [2.05, 4.69) is 24.1 Å². The molecule has 1 amide bonds. The SMILES string of the molecule is CCC(CC)Nc1nc(-c2cccnc2)nc2c1CCN(C(C)=O)C2. The first-order valence-corrected chi connectivity index (χ1v) is 8.94. The summed E-state index contributed by atoms with van der Waals surface area (Å²) in [6.07, 6.45) is 6.37. The van der Waals surface area contributed by atoms with Gasteiger partial charge < -0.3 is 10.2 Å². The number of pyridine rings is 1. The van der Waals surface area contributed by atoms with Crippen molar-refractivity contribution in [3.63, 3.8) is 0 Å². The Labute approximate surface area is 148 Å². The maximum absolute atomic E-state index is 11.8. The van der Waals surface area contributed by atoms with Crippen LogP contribution in [-0.4, -0.2) is 38.3 Å². The number of nitrogens with zero attached hydrogens (tertiary/aromatic N) is 4. The van der Waals surface area contributed by atoms with Crippen molar-refractivity contribution in [3.05, 3.63) is 35.8 Å². The molecule has 0 bridgehead atoms. The summed E-state index contributed by atoms with van der Waals surface area (Å²) in [4.78, 5) is 27.3. The van der Waals surface area contributed by atoms with E-state index >= 15 is 0 Å². The summed E-state index contributed by atoms with van der Waals surface area (Å²) in [7, 11) is 0. The first-order valence-electron chi connectivity index (χ1n) is 8.94. The van der Waals surface area contributed by atoms with Crippen LogP contribution < -0.4 is 5.32 Å². The van der Waals surface area contributed by atoms with Crippen LogP contribution in [0.25, 0.3) is 11.4 Å². The number of amides is 1. The molecule has 2 aromatic rings. The molecular weight excluding hydrogens is 314 g/mol. The van der Waals surface area contributed by atoms with Gasteiger partial charge in [0.2, 0.25) is 5.91 Å². The minimum atomic E-state index is 0.0849. The molecule has 1 N–H and O–H groups in total. The Balaban J connectivity index is 2.04. The molecule has 25 heavy (non-hydrogen) atoms. The van der Waals surface area contributed by atoms with Crippen molar-refractivity contribution >= 4 is 11.7 Å². The predicted octanol–water partition coefficient (Wildman–Crippen LogP) is 3.04. The Kier molecular flexibility index (Phi) is 5.26. The molecule has 6 heteroatoms. The van der Waals surface area contributed by atoms with E-state index in [1.54, 1.807) is 19.3 Å². The van der Waals surface area contributed by atoms with Crippen LogP contribution in [0.5, 0.6) is 0 Å². The second-order valence-corrected chi connectivity index (χ2v) is 6.41. The molecule has 0 atom stereocenters. The zero-order chi connectivity index (χ0) is 17.8. The minimum Gasteiger partial charge on any atom is -0.367 e. The van der Waals surface area contributed by atoms with Gasteiger partial charge in [0.15, 0.2) is 5.82 Å². The lowest BCUT2D eigenvalue weighted by molar-refractivity contribution is -0.129. The Hall–Kier alpha value is -2.50. The van der Waals surface area contributed by atoms with Crippen molar-refractivity contribution in [1.82, 2.24) is 19.9 Å².